The molecule has 0 radical (unpaired) electrons. The minimum atomic E-state index is -0.210. The van der Waals surface area contributed by atoms with E-state index in [1.54, 1.807) is 36.7 Å². The number of aryl methyl sites for hydroxylation is 1. The number of nitrogens with zero attached hydrogens (tertiary/aromatic N) is 1. The topological polar surface area (TPSA) is 80.0 Å². The number of pyridine rings is 1. The molecule has 0 saturated heterocycles. The molecule has 1 aromatic heterocycles. The van der Waals surface area contributed by atoms with Gasteiger partial charge >= 0.3 is 0 Å². The Morgan fingerprint density at radius 2 is 2.00 bits per heavy atom. The van der Waals surface area contributed by atoms with Gasteiger partial charge in [0.2, 0.25) is 0 Å². The van der Waals surface area contributed by atoms with Crippen molar-refractivity contribution >= 4 is 17.3 Å². The van der Waals surface area contributed by atoms with Crippen LogP contribution in [0.5, 0.6) is 0 Å². The van der Waals surface area contributed by atoms with Gasteiger partial charge in [-0.3, -0.25) is 15.6 Å². The van der Waals surface area contributed by atoms with Gasteiger partial charge in [0.05, 0.1) is 11.3 Å². The van der Waals surface area contributed by atoms with Gasteiger partial charge in [0.1, 0.15) is 0 Å². The van der Waals surface area contributed by atoms with E-state index in [2.05, 4.69) is 15.7 Å². The average Bonchev–Trinajstić information content (AvgIpc) is 2.41. The molecule has 0 fully saturated rings. The van der Waals surface area contributed by atoms with E-state index in [4.69, 9.17) is 5.84 Å². The maximum absolute atomic E-state index is 12.1. The highest BCUT2D eigenvalue weighted by Gasteiger charge is 2.11. The van der Waals surface area contributed by atoms with Crippen molar-refractivity contribution in [3.05, 3.63) is 53.9 Å². The van der Waals surface area contributed by atoms with Gasteiger partial charge in [-0.25, -0.2) is 0 Å². The van der Waals surface area contributed by atoms with Crippen LogP contribution in [0.4, 0.5) is 11.4 Å². The molecule has 1 amide bonds. The van der Waals surface area contributed by atoms with E-state index in [-0.39, 0.29) is 5.91 Å². The molecular formula is C13H14N4O. The van der Waals surface area contributed by atoms with E-state index in [0.29, 0.717) is 11.3 Å². The second-order valence-electron chi connectivity index (χ2n) is 3.83. The molecule has 2 aromatic rings. The normalized spacial score (nSPS) is 9.89. The standard InChI is InChI=1S/C13H14N4O/c1-9-8-15-7-6-11(9)16-13(18)10-4-2-3-5-12(10)17-14/h2-8,17H,14H2,1H3,(H,15,16,18). The molecule has 5 heteroatoms. The summed E-state index contributed by atoms with van der Waals surface area (Å²) in [5, 5.41) is 2.83. The average molecular weight is 242 g/mol. The quantitative estimate of drug-likeness (QED) is 0.567. The number of para-hydroxylation sites is 1. The lowest BCUT2D eigenvalue weighted by atomic mass is 10.1. The number of nitrogen functional groups attached to an aromatic ring is 1. The van der Waals surface area contributed by atoms with Crippen molar-refractivity contribution in [2.75, 3.05) is 10.7 Å². The molecule has 1 aromatic carbocycles. The van der Waals surface area contributed by atoms with E-state index >= 15 is 0 Å². The summed E-state index contributed by atoms with van der Waals surface area (Å²) < 4.78 is 0. The molecule has 0 aliphatic rings. The maximum Gasteiger partial charge on any atom is 0.257 e. The Balaban J connectivity index is 2.25. The fraction of sp³-hybridized carbons (Fsp3) is 0.0769. The van der Waals surface area contributed by atoms with Crippen LogP contribution < -0.4 is 16.6 Å². The number of benzene rings is 1. The van der Waals surface area contributed by atoms with Crippen molar-refractivity contribution in [1.82, 2.24) is 4.98 Å². The van der Waals surface area contributed by atoms with Crippen molar-refractivity contribution in [3.63, 3.8) is 0 Å². The van der Waals surface area contributed by atoms with Crippen LogP contribution in [-0.2, 0) is 0 Å². The predicted molar refractivity (Wildman–Crippen MR) is 71.2 cm³/mol. The van der Waals surface area contributed by atoms with Crippen molar-refractivity contribution in [2.24, 2.45) is 5.84 Å². The highest BCUT2D eigenvalue weighted by Crippen LogP contribution is 2.17. The van der Waals surface area contributed by atoms with Crippen molar-refractivity contribution in [3.8, 4) is 0 Å². The predicted octanol–water partition coefficient (Wildman–Crippen LogP) is 1.93. The first-order valence-electron chi connectivity index (χ1n) is 5.50. The molecule has 0 bridgehead atoms. The summed E-state index contributed by atoms with van der Waals surface area (Å²) in [7, 11) is 0. The number of hydrogen-bond acceptors (Lipinski definition) is 4. The molecule has 0 atom stereocenters. The number of rotatable bonds is 3. The number of hydrazine groups is 1. The van der Waals surface area contributed by atoms with Gasteiger partial charge in [-0.1, -0.05) is 12.1 Å². The molecule has 1 heterocycles. The van der Waals surface area contributed by atoms with Crippen molar-refractivity contribution in [1.29, 1.82) is 0 Å². The van der Waals surface area contributed by atoms with Crippen molar-refractivity contribution < 1.29 is 4.79 Å². The number of carbonyl (C=O) groups is 1. The minimum absolute atomic E-state index is 0.210. The number of amides is 1. The Morgan fingerprint density at radius 1 is 1.22 bits per heavy atom. The Hall–Kier alpha value is -2.40. The van der Waals surface area contributed by atoms with Gasteiger partial charge in [-0.05, 0) is 30.7 Å². The van der Waals surface area contributed by atoms with Crippen LogP contribution in [0.2, 0.25) is 0 Å². The lowest BCUT2D eigenvalue weighted by Gasteiger charge is -2.10. The molecule has 2 rings (SSSR count). The molecule has 0 saturated carbocycles. The highest BCUT2D eigenvalue weighted by atomic mass is 16.1. The lowest BCUT2D eigenvalue weighted by Crippen LogP contribution is -2.17. The number of anilines is 2. The molecule has 4 N–H and O–H groups in total. The molecule has 5 nitrogen and oxygen atoms in total. The third-order valence-corrected chi connectivity index (χ3v) is 2.60. The number of nitrogens with two attached hydrogens (primary N) is 1. The van der Waals surface area contributed by atoms with Crippen molar-refractivity contribution in [2.45, 2.75) is 6.92 Å². The van der Waals surface area contributed by atoms with Gasteiger partial charge in [0, 0.05) is 18.1 Å². The van der Waals surface area contributed by atoms with E-state index in [9.17, 15) is 4.79 Å². The summed E-state index contributed by atoms with van der Waals surface area (Å²) in [5.41, 5.74) is 5.23. The molecule has 0 aliphatic heterocycles. The largest absolute Gasteiger partial charge is 0.323 e. The summed E-state index contributed by atoms with van der Waals surface area (Å²) in [4.78, 5) is 16.1. The first-order valence-corrected chi connectivity index (χ1v) is 5.50. The van der Waals surface area contributed by atoms with Crippen LogP contribution in [0.1, 0.15) is 15.9 Å². The zero-order chi connectivity index (χ0) is 13.0. The summed E-state index contributed by atoms with van der Waals surface area (Å²) in [6.45, 7) is 1.88. The van der Waals surface area contributed by atoms with E-state index in [0.717, 1.165) is 11.3 Å². The van der Waals surface area contributed by atoms with Crippen LogP contribution in [-0.4, -0.2) is 10.9 Å². The first-order chi connectivity index (χ1) is 8.72. The van der Waals surface area contributed by atoms with Crippen LogP contribution in [0.25, 0.3) is 0 Å². The van der Waals surface area contributed by atoms with Gasteiger partial charge in [0.15, 0.2) is 0 Å². The maximum atomic E-state index is 12.1. The summed E-state index contributed by atoms with van der Waals surface area (Å²) in [6.07, 6.45) is 3.33. The second kappa shape index (κ2) is 5.29. The summed E-state index contributed by atoms with van der Waals surface area (Å²) in [5.74, 6) is 5.16. The van der Waals surface area contributed by atoms with Crippen LogP contribution in [0.15, 0.2) is 42.7 Å². The fourth-order valence-electron chi connectivity index (χ4n) is 1.61. The Morgan fingerprint density at radius 3 is 2.72 bits per heavy atom. The second-order valence-corrected chi connectivity index (χ2v) is 3.83. The smallest absolute Gasteiger partial charge is 0.257 e. The lowest BCUT2D eigenvalue weighted by molar-refractivity contribution is 0.102. The summed E-state index contributed by atoms with van der Waals surface area (Å²) >= 11 is 0. The first kappa shape index (κ1) is 12.1. The van der Waals surface area contributed by atoms with Gasteiger partial charge in [-0.15, -0.1) is 0 Å². The van der Waals surface area contributed by atoms with E-state index in [1.165, 1.54) is 0 Å². The number of aromatic nitrogens is 1. The van der Waals surface area contributed by atoms with E-state index < -0.39 is 0 Å². The Bertz CT molecular complexity index is 568. The molecule has 0 aliphatic carbocycles. The zero-order valence-corrected chi connectivity index (χ0v) is 9.97. The van der Waals surface area contributed by atoms with Crippen LogP contribution in [0, 0.1) is 6.92 Å². The third kappa shape index (κ3) is 2.46. The monoisotopic (exact) mass is 242 g/mol. The van der Waals surface area contributed by atoms with Crippen LogP contribution >= 0.6 is 0 Å². The number of nitrogens with one attached hydrogen (secondary N) is 2. The zero-order valence-electron chi connectivity index (χ0n) is 9.97. The fourth-order valence-corrected chi connectivity index (χ4v) is 1.61. The highest BCUT2D eigenvalue weighted by molar-refractivity contribution is 6.08. The summed E-state index contributed by atoms with van der Waals surface area (Å²) in [6, 6.07) is 8.81. The third-order valence-electron chi connectivity index (χ3n) is 2.60. The van der Waals surface area contributed by atoms with E-state index in [1.807, 2.05) is 13.0 Å². The number of carbonyl (C=O) groups excluding carboxylic acids is 1. The Labute approximate surface area is 105 Å². The minimum Gasteiger partial charge on any atom is -0.323 e. The number of hydrogen-bond donors (Lipinski definition) is 3. The SMILES string of the molecule is Cc1cnccc1NC(=O)c1ccccc1NN. The van der Waals surface area contributed by atoms with Gasteiger partial charge < -0.3 is 10.7 Å². The van der Waals surface area contributed by atoms with Crippen LogP contribution in [0.3, 0.4) is 0 Å². The molecule has 0 spiro atoms. The Kier molecular flexibility index (Phi) is 3.54. The molecule has 92 valence electrons. The molecule has 18 heavy (non-hydrogen) atoms. The van der Waals surface area contributed by atoms with Gasteiger partial charge in [-0.2, -0.15) is 0 Å². The molecule has 0 unspecified atom stereocenters. The van der Waals surface area contributed by atoms with Gasteiger partial charge in [0.25, 0.3) is 5.91 Å². The molecular weight excluding hydrogens is 228 g/mol.